The fourth-order valence-corrected chi connectivity index (χ4v) is 2.58. The lowest BCUT2D eigenvalue weighted by Crippen LogP contribution is -2.33. The van der Waals surface area contributed by atoms with Crippen molar-refractivity contribution in [1.29, 1.82) is 0 Å². The van der Waals surface area contributed by atoms with Crippen LogP contribution in [0.5, 0.6) is 0 Å². The minimum atomic E-state index is 0.0918. The molecule has 0 spiro atoms. The number of aliphatic hydroxyl groups excluding tert-OH is 1. The van der Waals surface area contributed by atoms with Gasteiger partial charge in [-0.15, -0.1) is 0 Å². The molecule has 2 aromatic carbocycles. The molecule has 0 heterocycles. The molecule has 2 aromatic rings. The fraction of sp³-hybridized carbons (Fsp3) is 0.312. The van der Waals surface area contributed by atoms with Crippen LogP contribution >= 0.6 is 0 Å². The summed E-state index contributed by atoms with van der Waals surface area (Å²) in [6.07, 6.45) is 0. The summed E-state index contributed by atoms with van der Waals surface area (Å²) in [5.41, 5.74) is 7.48. The number of hydrogen-bond donors (Lipinski definition) is 3. The van der Waals surface area contributed by atoms with Crippen LogP contribution in [0.1, 0.15) is 19.4 Å². The Bertz CT molecular complexity index is 653. The number of anilines is 1. The molecule has 112 valence electrons. The highest BCUT2D eigenvalue weighted by atomic mass is 16.4. The van der Waals surface area contributed by atoms with Gasteiger partial charge in [0.25, 0.3) is 0 Å². The number of aliphatic hydroxyl groups is 1. The molecule has 21 heavy (non-hydrogen) atoms. The Kier molecular flexibility index (Phi) is 4.65. The van der Waals surface area contributed by atoms with Gasteiger partial charge in [-0.05, 0) is 31.4 Å². The zero-order chi connectivity index (χ0) is 15.4. The molecule has 0 saturated heterocycles. The molecule has 0 amide bonds. The highest BCUT2D eigenvalue weighted by molar-refractivity contribution is 6.11. The zero-order valence-electron chi connectivity index (χ0n) is 12.3. The quantitative estimate of drug-likeness (QED) is 0.340. The van der Waals surface area contributed by atoms with E-state index in [1.165, 1.54) is 0 Å². The van der Waals surface area contributed by atoms with Crippen molar-refractivity contribution in [2.24, 2.45) is 10.9 Å². The zero-order valence-corrected chi connectivity index (χ0v) is 12.3. The highest BCUT2D eigenvalue weighted by Crippen LogP contribution is 2.30. The molecule has 0 bridgehead atoms. The van der Waals surface area contributed by atoms with Crippen molar-refractivity contribution in [2.75, 3.05) is 18.1 Å². The number of nitrogens with zero attached hydrogens (tertiary/aromatic N) is 2. The molecule has 0 atom stereocenters. The average Bonchev–Trinajstić information content (AvgIpc) is 2.51. The lowest BCUT2D eigenvalue weighted by atomic mass is 10.0. The van der Waals surface area contributed by atoms with E-state index in [2.05, 4.69) is 23.9 Å². The van der Waals surface area contributed by atoms with Gasteiger partial charge in [0.1, 0.15) is 0 Å². The van der Waals surface area contributed by atoms with E-state index in [-0.39, 0.29) is 18.5 Å². The summed E-state index contributed by atoms with van der Waals surface area (Å²) < 4.78 is 0. The summed E-state index contributed by atoms with van der Waals surface area (Å²) in [5.74, 6) is 0.0935. The Balaban J connectivity index is 2.67. The molecular formula is C16H21N3O2. The van der Waals surface area contributed by atoms with Crippen molar-refractivity contribution in [3.8, 4) is 0 Å². The number of hydrogen-bond acceptors (Lipinski definition) is 4. The number of amidine groups is 1. The molecule has 0 unspecified atom stereocenters. The maximum absolute atomic E-state index is 9.29. The van der Waals surface area contributed by atoms with E-state index in [4.69, 9.17) is 10.9 Å². The van der Waals surface area contributed by atoms with Gasteiger partial charge in [-0.1, -0.05) is 29.4 Å². The van der Waals surface area contributed by atoms with E-state index < -0.39 is 0 Å². The molecule has 0 saturated carbocycles. The maximum Gasteiger partial charge on any atom is 0.170 e. The summed E-state index contributed by atoms with van der Waals surface area (Å²) in [6, 6.07) is 11.9. The van der Waals surface area contributed by atoms with E-state index >= 15 is 0 Å². The monoisotopic (exact) mass is 287 g/mol. The molecule has 2 rings (SSSR count). The molecule has 4 N–H and O–H groups in total. The van der Waals surface area contributed by atoms with Gasteiger partial charge in [-0.2, -0.15) is 0 Å². The Hall–Kier alpha value is -2.27. The van der Waals surface area contributed by atoms with E-state index in [1.807, 2.05) is 36.4 Å². The van der Waals surface area contributed by atoms with Crippen molar-refractivity contribution >= 4 is 22.3 Å². The predicted octanol–water partition coefficient (Wildman–Crippen LogP) is 2.14. The second kappa shape index (κ2) is 6.45. The van der Waals surface area contributed by atoms with Crippen LogP contribution in [-0.2, 0) is 0 Å². The van der Waals surface area contributed by atoms with Gasteiger partial charge in [-0.3, -0.25) is 0 Å². The first-order chi connectivity index (χ1) is 10.1. The van der Waals surface area contributed by atoms with Crippen LogP contribution in [0.3, 0.4) is 0 Å². The van der Waals surface area contributed by atoms with Gasteiger partial charge in [0.05, 0.1) is 6.61 Å². The molecule has 5 heteroatoms. The summed E-state index contributed by atoms with van der Waals surface area (Å²) in [4.78, 5) is 2.14. The molecule has 0 aromatic heterocycles. The minimum absolute atomic E-state index is 0.0918. The molecule has 0 aliphatic rings. The number of benzene rings is 2. The van der Waals surface area contributed by atoms with Gasteiger partial charge < -0.3 is 20.9 Å². The molecule has 0 radical (unpaired) electrons. The number of nitrogens with two attached hydrogens (primary N) is 1. The van der Waals surface area contributed by atoms with Crippen LogP contribution in [0.2, 0.25) is 0 Å². The molecule has 0 aliphatic heterocycles. The van der Waals surface area contributed by atoms with Crippen LogP contribution in [0.25, 0.3) is 10.8 Å². The highest BCUT2D eigenvalue weighted by Gasteiger charge is 2.15. The Morgan fingerprint density at radius 2 is 1.86 bits per heavy atom. The third-order valence-corrected chi connectivity index (χ3v) is 3.56. The van der Waals surface area contributed by atoms with Crippen molar-refractivity contribution in [2.45, 2.75) is 19.9 Å². The molecular weight excluding hydrogens is 266 g/mol. The van der Waals surface area contributed by atoms with Gasteiger partial charge in [0.15, 0.2) is 5.84 Å². The van der Waals surface area contributed by atoms with Crippen LogP contribution in [0.15, 0.2) is 41.6 Å². The minimum Gasteiger partial charge on any atom is -0.409 e. The second-order valence-electron chi connectivity index (χ2n) is 5.17. The Morgan fingerprint density at radius 1 is 1.19 bits per heavy atom. The first kappa shape index (κ1) is 15.1. The number of fused-ring (bicyclic) bond motifs is 1. The van der Waals surface area contributed by atoms with Gasteiger partial charge in [0, 0.05) is 29.2 Å². The summed E-state index contributed by atoms with van der Waals surface area (Å²) in [7, 11) is 0. The molecule has 5 nitrogen and oxygen atoms in total. The van der Waals surface area contributed by atoms with Gasteiger partial charge >= 0.3 is 0 Å². The Morgan fingerprint density at radius 3 is 2.43 bits per heavy atom. The number of rotatable bonds is 5. The van der Waals surface area contributed by atoms with Gasteiger partial charge in [0.2, 0.25) is 0 Å². The number of oxime groups is 1. The van der Waals surface area contributed by atoms with Crippen LogP contribution in [0, 0.1) is 0 Å². The van der Waals surface area contributed by atoms with E-state index in [1.54, 1.807) is 0 Å². The largest absolute Gasteiger partial charge is 0.409 e. The van der Waals surface area contributed by atoms with E-state index in [9.17, 15) is 5.11 Å². The second-order valence-corrected chi connectivity index (χ2v) is 5.17. The average molecular weight is 287 g/mol. The maximum atomic E-state index is 9.29. The van der Waals surface area contributed by atoms with Crippen molar-refractivity contribution < 1.29 is 10.3 Å². The fourth-order valence-electron chi connectivity index (χ4n) is 2.58. The van der Waals surface area contributed by atoms with Gasteiger partial charge in [-0.25, -0.2) is 0 Å². The van der Waals surface area contributed by atoms with Crippen LogP contribution < -0.4 is 10.6 Å². The SMILES string of the molecule is CC(C)N(CCO)c1ccc(/C(N)=N/O)c2ccccc12. The lowest BCUT2D eigenvalue weighted by Gasteiger charge is -2.30. The van der Waals surface area contributed by atoms with Crippen LogP contribution in [-0.4, -0.2) is 35.3 Å². The summed E-state index contributed by atoms with van der Waals surface area (Å²) >= 11 is 0. The van der Waals surface area contributed by atoms with E-state index in [0.29, 0.717) is 12.1 Å². The predicted molar refractivity (Wildman–Crippen MR) is 86.0 cm³/mol. The summed E-state index contributed by atoms with van der Waals surface area (Å²) in [6.45, 7) is 4.82. The van der Waals surface area contributed by atoms with Crippen LogP contribution in [0.4, 0.5) is 5.69 Å². The lowest BCUT2D eigenvalue weighted by molar-refractivity contribution is 0.299. The summed E-state index contributed by atoms with van der Waals surface area (Å²) in [5, 5.41) is 23.2. The topological polar surface area (TPSA) is 82.1 Å². The normalized spacial score (nSPS) is 12.1. The first-order valence-corrected chi connectivity index (χ1v) is 6.97. The third-order valence-electron chi connectivity index (χ3n) is 3.56. The molecule has 0 aliphatic carbocycles. The smallest absolute Gasteiger partial charge is 0.170 e. The van der Waals surface area contributed by atoms with E-state index in [0.717, 1.165) is 16.5 Å². The Labute approximate surface area is 124 Å². The van der Waals surface area contributed by atoms with Crippen molar-refractivity contribution in [3.05, 3.63) is 42.0 Å². The first-order valence-electron chi connectivity index (χ1n) is 6.97. The van der Waals surface area contributed by atoms with Crippen molar-refractivity contribution in [3.63, 3.8) is 0 Å². The third kappa shape index (κ3) is 2.92. The molecule has 0 fully saturated rings. The standard InChI is InChI=1S/C16H21N3O2/c1-11(2)19(9-10-20)15-8-7-14(16(17)18-21)12-5-3-4-6-13(12)15/h3-8,11,20-21H,9-10H2,1-2H3,(H2,17,18). The van der Waals surface area contributed by atoms with Crippen molar-refractivity contribution in [1.82, 2.24) is 0 Å².